The highest BCUT2D eigenvalue weighted by Crippen LogP contribution is 2.23. The molecule has 4 heteroatoms. The maximum absolute atomic E-state index is 6.16. The van der Waals surface area contributed by atoms with Gasteiger partial charge in [0.05, 0.1) is 18.4 Å². The van der Waals surface area contributed by atoms with Crippen LogP contribution in [0.1, 0.15) is 29.8 Å². The molecule has 0 aliphatic heterocycles. The molecule has 1 heterocycles. The molecule has 0 radical (unpaired) electrons. The van der Waals surface area contributed by atoms with E-state index in [1.807, 2.05) is 39.1 Å². The van der Waals surface area contributed by atoms with Gasteiger partial charge in [0, 0.05) is 12.6 Å². The average Bonchev–Trinajstić information content (AvgIpc) is 2.62. The van der Waals surface area contributed by atoms with Crippen LogP contribution in [0.25, 0.3) is 0 Å². The lowest BCUT2D eigenvalue weighted by Crippen LogP contribution is -2.01. The minimum absolute atomic E-state index is 0.0434. The minimum atomic E-state index is 0.0434. The van der Waals surface area contributed by atoms with E-state index in [0.29, 0.717) is 11.8 Å². The van der Waals surface area contributed by atoms with Crippen molar-refractivity contribution in [2.45, 2.75) is 26.6 Å². The van der Waals surface area contributed by atoms with Crippen LogP contribution in [-0.2, 0) is 18.4 Å². The van der Waals surface area contributed by atoms with Gasteiger partial charge in [-0.3, -0.25) is 4.68 Å². The third-order valence-corrected chi connectivity index (χ3v) is 3.49. The predicted octanol–water partition coefficient (Wildman–Crippen LogP) is 3.66. The van der Waals surface area contributed by atoms with E-state index in [1.54, 1.807) is 4.68 Å². The van der Waals surface area contributed by atoms with Gasteiger partial charge in [0.15, 0.2) is 0 Å². The summed E-state index contributed by atoms with van der Waals surface area (Å²) < 4.78 is 7.52. The molecular formula is C14H17ClN2O. The lowest BCUT2D eigenvalue weighted by atomic mass is 10.1. The van der Waals surface area contributed by atoms with Crippen LogP contribution < -0.4 is 0 Å². The van der Waals surface area contributed by atoms with Gasteiger partial charge in [-0.25, -0.2) is 0 Å². The third kappa shape index (κ3) is 2.74. The van der Waals surface area contributed by atoms with Crippen molar-refractivity contribution in [2.75, 3.05) is 0 Å². The summed E-state index contributed by atoms with van der Waals surface area (Å²) in [7, 11) is 1.83. The Balaban J connectivity index is 2.04. The van der Waals surface area contributed by atoms with Crippen LogP contribution in [0.2, 0.25) is 5.15 Å². The predicted molar refractivity (Wildman–Crippen MR) is 72.6 cm³/mol. The zero-order valence-electron chi connectivity index (χ0n) is 10.9. The second kappa shape index (κ2) is 5.55. The van der Waals surface area contributed by atoms with Crippen molar-refractivity contribution in [2.24, 2.45) is 7.05 Å². The van der Waals surface area contributed by atoms with E-state index in [4.69, 9.17) is 16.3 Å². The topological polar surface area (TPSA) is 27.1 Å². The van der Waals surface area contributed by atoms with Crippen LogP contribution in [0.3, 0.4) is 0 Å². The Morgan fingerprint density at radius 3 is 2.56 bits per heavy atom. The normalized spacial score (nSPS) is 12.7. The van der Waals surface area contributed by atoms with Gasteiger partial charge in [-0.15, -0.1) is 0 Å². The van der Waals surface area contributed by atoms with Crippen molar-refractivity contribution >= 4 is 11.6 Å². The van der Waals surface area contributed by atoms with Crippen LogP contribution in [0.4, 0.5) is 0 Å². The Hall–Kier alpha value is -1.32. The third-order valence-electron chi connectivity index (χ3n) is 3.02. The average molecular weight is 265 g/mol. The molecule has 2 aromatic rings. The van der Waals surface area contributed by atoms with Gasteiger partial charge in [-0.2, -0.15) is 5.10 Å². The number of halogens is 1. The maximum Gasteiger partial charge on any atom is 0.132 e. The van der Waals surface area contributed by atoms with Gasteiger partial charge in [0.25, 0.3) is 0 Å². The highest BCUT2D eigenvalue weighted by Gasteiger charge is 2.13. The van der Waals surface area contributed by atoms with Crippen LogP contribution in [0.15, 0.2) is 30.3 Å². The zero-order valence-corrected chi connectivity index (χ0v) is 11.6. The van der Waals surface area contributed by atoms with Crippen LogP contribution in [0, 0.1) is 6.92 Å². The van der Waals surface area contributed by atoms with Crippen molar-refractivity contribution < 1.29 is 4.74 Å². The maximum atomic E-state index is 6.16. The van der Waals surface area contributed by atoms with Gasteiger partial charge in [-0.1, -0.05) is 41.9 Å². The van der Waals surface area contributed by atoms with Crippen molar-refractivity contribution in [1.82, 2.24) is 9.78 Å². The Morgan fingerprint density at radius 1 is 1.33 bits per heavy atom. The molecule has 1 unspecified atom stereocenters. The van der Waals surface area contributed by atoms with E-state index in [0.717, 1.165) is 16.8 Å². The summed E-state index contributed by atoms with van der Waals surface area (Å²) in [5.41, 5.74) is 3.04. The SMILES string of the molecule is Cc1nn(C)c(Cl)c1COC(C)c1ccccc1. The molecule has 1 aromatic carbocycles. The molecule has 0 saturated heterocycles. The Morgan fingerprint density at radius 2 is 2.00 bits per heavy atom. The quantitative estimate of drug-likeness (QED) is 0.843. The molecule has 1 atom stereocenters. The van der Waals surface area contributed by atoms with Gasteiger partial charge >= 0.3 is 0 Å². The van der Waals surface area contributed by atoms with Gasteiger partial charge in [0.1, 0.15) is 5.15 Å². The van der Waals surface area contributed by atoms with Crippen molar-refractivity contribution in [3.63, 3.8) is 0 Å². The summed E-state index contributed by atoms with van der Waals surface area (Å²) in [6.45, 7) is 4.46. The molecule has 0 spiro atoms. The minimum Gasteiger partial charge on any atom is -0.369 e. The first kappa shape index (κ1) is 13.1. The Labute approximate surface area is 112 Å². The van der Waals surface area contributed by atoms with Crippen molar-refractivity contribution in [3.8, 4) is 0 Å². The van der Waals surface area contributed by atoms with Crippen LogP contribution in [0.5, 0.6) is 0 Å². The highest BCUT2D eigenvalue weighted by atomic mass is 35.5. The van der Waals surface area contributed by atoms with E-state index in [1.165, 1.54) is 0 Å². The first-order chi connectivity index (χ1) is 8.59. The summed E-state index contributed by atoms with van der Waals surface area (Å²) in [6, 6.07) is 10.1. The second-order valence-electron chi connectivity index (χ2n) is 4.34. The van der Waals surface area contributed by atoms with E-state index in [9.17, 15) is 0 Å². The molecule has 18 heavy (non-hydrogen) atoms. The second-order valence-corrected chi connectivity index (χ2v) is 4.70. The van der Waals surface area contributed by atoms with Crippen LogP contribution in [-0.4, -0.2) is 9.78 Å². The first-order valence-corrected chi connectivity index (χ1v) is 6.32. The lowest BCUT2D eigenvalue weighted by Gasteiger charge is -2.13. The summed E-state index contributed by atoms with van der Waals surface area (Å²) in [6.07, 6.45) is 0.0434. The largest absolute Gasteiger partial charge is 0.369 e. The molecule has 1 aromatic heterocycles. The van der Waals surface area contributed by atoms with E-state index in [-0.39, 0.29) is 6.10 Å². The molecule has 0 N–H and O–H groups in total. The summed E-state index contributed by atoms with van der Waals surface area (Å²) in [4.78, 5) is 0. The molecule has 0 amide bonds. The summed E-state index contributed by atoms with van der Waals surface area (Å²) in [5.74, 6) is 0. The molecule has 96 valence electrons. The Kier molecular flexibility index (Phi) is 4.04. The number of rotatable bonds is 4. The number of aryl methyl sites for hydroxylation is 2. The number of benzene rings is 1. The first-order valence-electron chi connectivity index (χ1n) is 5.94. The molecule has 0 aliphatic rings. The standard InChI is InChI=1S/C14H17ClN2O/c1-10-13(14(15)17(3)16-10)9-18-11(2)12-7-5-4-6-8-12/h4-8,11H,9H2,1-3H3. The number of ether oxygens (including phenoxy) is 1. The van der Waals surface area contributed by atoms with Crippen molar-refractivity contribution in [1.29, 1.82) is 0 Å². The monoisotopic (exact) mass is 264 g/mol. The van der Waals surface area contributed by atoms with E-state index < -0.39 is 0 Å². The highest BCUT2D eigenvalue weighted by molar-refractivity contribution is 6.30. The number of hydrogen-bond acceptors (Lipinski definition) is 2. The molecule has 0 fully saturated rings. The van der Waals surface area contributed by atoms with E-state index in [2.05, 4.69) is 17.2 Å². The Bertz CT molecular complexity index is 522. The molecule has 0 bridgehead atoms. The lowest BCUT2D eigenvalue weighted by molar-refractivity contribution is 0.0523. The summed E-state index contributed by atoms with van der Waals surface area (Å²) in [5, 5.41) is 4.91. The fraction of sp³-hybridized carbons (Fsp3) is 0.357. The molecule has 3 nitrogen and oxygen atoms in total. The van der Waals surface area contributed by atoms with Gasteiger partial charge < -0.3 is 4.74 Å². The van der Waals surface area contributed by atoms with Crippen LogP contribution >= 0.6 is 11.6 Å². The number of aromatic nitrogens is 2. The van der Waals surface area contributed by atoms with Crippen molar-refractivity contribution in [3.05, 3.63) is 52.3 Å². The molecule has 0 saturated carbocycles. The molecule has 0 aliphatic carbocycles. The number of hydrogen-bond donors (Lipinski definition) is 0. The fourth-order valence-electron chi connectivity index (χ4n) is 1.87. The summed E-state index contributed by atoms with van der Waals surface area (Å²) >= 11 is 6.16. The van der Waals surface area contributed by atoms with Gasteiger partial charge in [-0.05, 0) is 19.4 Å². The number of nitrogens with zero attached hydrogens (tertiary/aromatic N) is 2. The zero-order chi connectivity index (χ0) is 13.1. The van der Waals surface area contributed by atoms with E-state index >= 15 is 0 Å². The van der Waals surface area contributed by atoms with Gasteiger partial charge in [0.2, 0.25) is 0 Å². The molecular weight excluding hydrogens is 248 g/mol. The smallest absolute Gasteiger partial charge is 0.132 e. The fourth-order valence-corrected chi connectivity index (χ4v) is 2.10. The molecule has 2 rings (SSSR count).